The minimum atomic E-state index is 1.12. The van der Waals surface area contributed by atoms with Gasteiger partial charge in [0.15, 0.2) is 0 Å². The molecule has 0 fully saturated rings. The SMILES string of the molecule is CCCCCc1ccc(-c2ccc(CCCc3cc(CCCc4ccc(-c5ccc(CCCCC)cc5)cc4)c(CCCc4ccc(-c5ccc(CCCCC)cc5)cc4)s3)cc2)cc1. The quantitative estimate of drug-likeness (QED) is 0.0452. The third-order valence-corrected chi connectivity index (χ3v) is 14.8. The van der Waals surface area contributed by atoms with Gasteiger partial charge in [0, 0.05) is 9.75 Å². The molecule has 6 aromatic carbocycles. The Hall–Kier alpha value is -4.98. The summed E-state index contributed by atoms with van der Waals surface area (Å²) in [7, 11) is 0. The second kappa shape index (κ2) is 26.2. The Balaban J connectivity index is 0.937. The van der Waals surface area contributed by atoms with Gasteiger partial charge in [-0.1, -0.05) is 205 Å². The van der Waals surface area contributed by atoms with E-state index in [1.807, 2.05) is 0 Å². The predicted molar refractivity (Wildman–Crippen MR) is 286 cm³/mol. The molecule has 0 radical (unpaired) electrons. The van der Waals surface area contributed by atoms with E-state index in [1.54, 1.807) is 15.3 Å². The molecule has 0 spiro atoms. The highest BCUT2D eigenvalue weighted by molar-refractivity contribution is 7.12. The summed E-state index contributed by atoms with van der Waals surface area (Å²) in [5, 5.41) is 0. The maximum absolute atomic E-state index is 2.58. The lowest BCUT2D eigenvalue weighted by molar-refractivity contribution is 0.717. The van der Waals surface area contributed by atoms with Gasteiger partial charge in [0.05, 0.1) is 0 Å². The fourth-order valence-corrected chi connectivity index (χ4v) is 10.7. The molecule has 0 aliphatic rings. The van der Waals surface area contributed by atoms with E-state index in [0.717, 1.165) is 38.5 Å². The standard InChI is InChI=1S/C64H76S/c1-4-7-10-16-50-25-37-56(38-26-50)59-43-31-53(32-44-59)19-13-22-62-49-63(23-14-20-54-33-45-60(46-34-54)57-39-27-51(28-40-57)17-11-8-5-2)65-64(62)24-15-21-55-35-47-61(48-36-55)58-41-29-52(30-42-58)18-12-9-6-3/h25-49H,4-24H2,1-3H3. The van der Waals surface area contributed by atoms with Crippen LogP contribution in [0.5, 0.6) is 0 Å². The summed E-state index contributed by atoms with van der Waals surface area (Å²) in [6.07, 6.45) is 25.6. The van der Waals surface area contributed by atoms with Crippen LogP contribution in [0.4, 0.5) is 0 Å². The fourth-order valence-electron chi connectivity index (χ4n) is 9.40. The van der Waals surface area contributed by atoms with E-state index in [0.29, 0.717) is 0 Å². The van der Waals surface area contributed by atoms with Crippen molar-refractivity contribution in [3.63, 3.8) is 0 Å². The van der Waals surface area contributed by atoms with Crippen LogP contribution in [0.1, 0.15) is 147 Å². The summed E-state index contributed by atoms with van der Waals surface area (Å²) in [4.78, 5) is 3.18. The summed E-state index contributed by atoms with van der Waals surface area (Å²) in [6.45, 7) is 6.83. The highest BCUT2D eigenvalue weighted by atomic mass is 32.1. The second-order valence-corrected chi connectivity index (χ2v) is 20.0. The van der Waals surface area contributed by atoms with E-state index in [4.69, 9.17) is 0 Å². The van der Waals surface area contributed by atoms with Crippen molar-refractivity contribution in [3.8, 4) is 33.4 Å². The van der Waals surface area contributed by atoms with E-state index in [2.05, 4.69) is 184 Å². The number of aryl methyl sites for hydroxylation is 9. The van der Waals surface area contributed by atoms with Crippen LogP contribution >= 0.6 is 11.3 Å². The third-order valence-electron chi connectivity index (χ3n) is 13.5. The smallest absolute Gasteiger partial charge is 0.00802 e. The molecule has 338 valence electrons. The van der Waals surface area contributed by atoms with Crippen molar-refractivity contribution in [3.05, 3.63) is 200 Å². The van der Waals surface area contributed by atoms with Crippen molar-refractivity contribution >= 4 is 11.3 Å². The zero-order chi connectivity index (χ0) is 44.9. The van der Waals surface area contributed by atoms with Crippen molar-refractivity contribution in [2.75, 3.05) is 0 Å². The molecule has 1 heteroatoms. The van der Waals surface area contributed by atoms with Crippen LogP contribution in [0.25, 0.3) is 33.4 Å². The zero-order valence-electron chi connectivity index (χ0n) is 40.2. The Morgan fingerprint density at radius 2 is 0.523 bits per heavy atom. The number of thiophene rings is 1. The Labute approximate surface area is 398 Å². The average Bonchev–Trinajstić information content (AvgIpc) is 3.74. The first kappa shape index (κ1) is 48.0. The predicted octanol–water partition coefficient (Wildman–Crippen LogP) is 18.5. The summed E-state index contributed by atoms with van der Waals surface area (Å²) >= 11 is 2.10. The number of rotatable bonds is 27. The van der Waals surface area contributed by atoms with Gasteiger partial charge >= 0.3 is 0 Å². The lowest BCUT2D eigenvalue weighted by atomic mass is 9.97. The van der Waals surface area contributed by atoms with Crippen LogP contribution in [0.2, 0.25) is 0 Å². The second-order valence-electron chi connectivity index (χ2n) is 18.8. The van der Waals surface area contributed by atoms with Gasteiger partial charge < -0.3 is 0 Å². The van der Waals surface area contributed by atoms with Crippen molar-refractivity contribution in [2.24, 2.45) is 0 Å². The molecule has 1 heterocycles. The molecule has 0 nitrogen and oxygen atoms in total. The van der Waals surface area contributed by atoms with E-state index >= 15 is 0 Å². The molecule has 0 saturated carbocycles. The van der Waals surface area contributed by atoms with E-state index in [9.17, 15) is 0 Å². The summed E-state index contributed by atoms with van der Waals surface area (Å²) in [5.74, 6) is 0. The van der Waals surface area contributed by atoms with Crippen LogP contribution in [-0.2, 0) is 57.8 Å². The van der Waals surface area contributed by atoms with Gasteiger partial charge in [-0.2, -0.15) is 0 Å². The van der Waals surface area contributed by atoms with Gasteiger partial charge in [-0.3, -0.25) is 0 Å². The molecule has 7 rings (SSSR count). The van der Waals surface area contributed by atoms with Gasteiger partial charge in [0.1, 0.15) is 0 Å². The topological polar surface area (TPSA) is 0 Å². The normalized spacial score (nSPS) is 11.4. The van der Waals surface area contributed by atoms with Crippen molar-refractivity contribution in [2.45, 2.75) is 156 Å². The molecule has 0 aliphatic heterocycles. The summed E-state index contributed by atoms with van der Waals surface area (Å²) in [6, 6.07) is 58.4. The summed E-state index contributed by atoms with van der Waals surface area (Å²) in [5.41, 5.74) is 18.2. The molecule has 0 amide bonds. The highest BCUT2D eigenvalue weighted by Gasteiger charge is 2.11. The van der Waals surface area contributed by atoms with Gasteiger partial charge in [-0.05, 0) is 175 Å². The maximum atomic E-state index is 2.58. The fraction of sp³-hybridized carbons (Fsp3) is 0.375. The Morgan fingerprint density at radius 1 is 0.262 bits per heavy atom. The Bertz CT molecular complexity index is 2250. The molecule has 1 aromatic heterocycles. The molecule has 0 unspecified atom stereocenters. The average molecular weight is 877 g/mol. The lowest BCUT2D eigenvalue weighted by Gasteiger charge is -2.08. The lowest BCUT2D eigenvalue weighted by Crippen LogP contribution is -1.94. The number of hydrogen-bond acceptors (Lipinski definition) is 1. The molecule has 0 saturated heterocycles. The first-order chi connectivity index (χ1) is 32.1. The van der Waals surface area contributed by atoms with Gasteiger partial charge in [-0.15, -0.1) is 11.3 Å². The van der Waals surface area contributed by atoms with Crippen LogP contribution < -0.4 is 0 Å². The molecular formula is C64H76S. The molecule has 0 N–H and O–H groups in total. The Kier molecular flexibility index (Phi) is 19.4. The van der Waals surface area contributed by atoms with E-state index in [1.165, 1.54) is 163 Å². The third kappa shape index (κ3) is 15.3. The Morgan fingerprint density at radius 3 is 0.815 bits per heavy atom. The largest absolute Gasteiger partial charge is 0.145 e. The molecular weight excluding hydrogens is 801 g/mol. The van der Waals surface area contributed by atoms with E-state index in [-0.39, 0.29) is 0 Å². The van der Waals surface area contributed by atoms with Gasteiger partial charge in [-0.25, -0.2) is 0 Å². The van der Waals surface area contributed by atoms with Crippen LogP contribution in [0.15, 0.2) is 152 Å². The first-order valence-corrected chi connectivity index (χ1v) is 26.5. The molecule has 7 aromatic rings. The number of hydrogen-bond donors (Lipinski definition) is 0. The van der Waals surface area contributed by atoms with Crippen molar-refractivity contribution in [1.29, 1.82) is 0 Å². The molecule has 0 atom stereocenters. The summed E-state index contributed by atoms with van der Waals surface area (Å²) < 4.78 is 0. The first-order valence-electron chi connectivity index (χ1n) is 25.7. The van der Waals surface area contributed by atoms with Crippen LogP contribution in [0, 0.1) is 0 Å². The minimum Gasteiger partial charge on any atom is -0.145 e. The molecule has 65 heavy (non-hydrogen) atoms. The van der Waals surface area contributed by atoms with Crippen LogP contribution in [-0.4, -0.2) is 0 Å². The maximum Gasteiger partial charge on any atom is 0.00802 e. The van der Waals surface area contributed by atoms with E-state index < -0.39 is 0 Å². The number of unbranched alkanes of at least 4 members (excludes halogenated alkanes) is 6. The van der Waals surface area contributed by atoms with Gasteiger partial charge in [0.2, 0.25) is 0 Å². The minimum absolute atomic E-state index is 1.12. The van der Waals surface area contributed by atoms with Crippen molar-refractivity contribution < 1.29 is 0 Å². The molecule has 0 aliphatic carbocycles. The number of benzene rings is 6. The monoisotopic (exact) mass is 877 g/mol. The molecule has 0 bridgehead atoms. The van der Waals surface area contributed by atoms with Crippen molar-refractivity contribution in [1.82, 2.24) is 0 Å². The highest BCUT2D eigenvalue weighted by Crippen LogP contribution is 2.30. The van der Waals surface area contributed by atoms with Gasteiger partial charge in [0.25, 0.3) is 0 Å². The van der Waals surface area contributed by atoms with Crippen LogP contribution in [0.3, 0.4) is 0 Å². The zero-order valence-corrected chi connectivity index (χ0v) is 41.0.